The molecule has 30 heavy (non-hydrogen) atoms. The van der Waals surface area contributed by atoms with Gasteiger partial charge in [-0.15, -0.1) is 0 Å². The summed E-state index contributed by atoms with van der Waals surface area (Å²) < 4.78 is 40.4. The van der Waals surface area contributed by atoms with E-state index in [1.807, 2.05) is 0 Å². The number of benzene rings is 1. The summed E-state index contributed by atoms with van der Waals surface area (Å²) in [5.74, 6) is -2.70. The molecule has 2 atom stereocenters. The van der Waals surface area contributed by atoms with Crippen molar-refractivity contribution >= 4 is 11.7 Å². The van der Waals surface area contributed by atoms with Crippen LogP contribution in [0.1, 0.15) is 31.2 Å². The van der Waals surface area contributed by atoms with Crippen LogP contribution < -0.4 is 15.9 Å². The molecule has 2 aromatic rings. The lowest BCUT2D eigenvalue weighted by Gasteiger charge is -2.37. The molecule has 1 unspecified atom stereocenters. The average molecular weight is 420 g/mol. The minimum Gasteiger partial charge on any atom is -0.358 e. The largest absolute Gasteiger partial charge is 0.358 e. The first-order valence-electron chi connectivity index (χ1n) is 10.1. The van der Waals surface area contributed by atoms with Gasteiger partial charge in [-0.1, -0.05) is 0 Å². The van der Waals surface area contributed by atoms with Crippen molar-refractivity contribution in [1.29, 1.82) is 0 Å². The number of rotatable bonds is 6. The molecule has 160 valence electrons. The molecule has 1 aromatic heterocycles. The second-order valence-electron chi connectivity index (χ2n) is 8.05. The van der Waals surface area contributed by atoms with Gasteiger partial charge in [-0.3, -0.25) is 9.78 Å². The highest BCUT2D eigenvalue weighted by atomic mass is 19.2. The zero-order valence-electron chi connectivity index (χ0n) is 16.3. The molecule has 1 amide bonds. The summed E-state index contributed by atoms with van der Waals surface area (Å²) in [5, 5.41) is 2.71. The van der Waals surface area contributed by atoms with E-state index in [-0.39, 0.29) is 35.8 Å². The number of amides is 1. The molecule has 0 spiro atoms. The van der Waals surface area contributed by atoms with E-state index in [1.165, 1.54) is 6.20 Å². The molecule has 4 rings (SSSR count). The molecule has 1 saturated carbocycles. The first kappa shape index (κ1) is 20.4. The summed E-state index contributed by atoms with van der Waals surface area (Å²) in [6.45, 7) is 1.20. The topological polar surface area (TPSA) is 78.1 Å². The number of piperidine rings is 1. The van der Waals surface area contributed by atoms with Crippen LogP contribution in [0.25, 0.3) is 0 Å². The molecule has 0 radical (unpaired) electrons. The second-order valence-corrected chi connectivity index (χ2v) is 8.05. The van der Waals surface area contributed by atoms with Crippen LogP contribution in [-0.4, -0.2) is 29.0 Å². The van der Waals surface area contributed by atoms with Crippen molar-refractivity contribution in [3.05, 3.63) is 57.9 Å². The van der Waals surface area contributed by atoms with E-state index < -0.39 is 23.1 Å². The number of hydrogen-bond acceptors (Lipinski definition) is 4. The molecule has 1 saturated heterocycles. The zero-order chi connectivity index (χ0) is 21.3. The third-order valence-electron chi connectivity index (χ3n) is 5.94. The second kappa shape index (κ2) is 8.49. The summed E-state index contributed by atoms with van der Waals surface area (Å²) in [4.78, 5) is 32.9. The van der Waals surface area contributed by atoms with Gasteiger partial charge in [0.2, 0.25) is 5.91 Å². The van der Waals surface area contributed by atoms with E-state index in [9.17, 15) is 22.8 Å². The van der Waals surface area contributed by atoms with Gasteiger partial charge in [-0.25, -0.2) is 22.9 Å². The lowest BCUT2D eigenvalue weighted by molar-refractivity contribution is -0.127. The fourth-order valence-corrected chi connectivity index (χ4v) is 4.33. The number of carbonyl (C=O) groups excluding carboxylic acids is 1. The maximum Gasteiger partial charge on any atom is 0.346 e. The Hall–Kier alpha value is -2.84. The van der Waals surface area contributed by atoms with Crippen LogP contribution >= 0.6 is 0 Å². The highest BCUT2D eigenvalue weighted by Crippen LogP contribution is 2.43. The summed E-state index contributed by atoms with van der Waals surface area (Å²) in [6.07, 6.45) is 5.13. The number of nitrogens with one attached hydrogen (secondary N) is 2. The van der Waals surface area contributed by atoms with Gasteiger partial charge >= 0.3 is 5.69 Å². The Balaban J connectivity index is 1.45. The molecule has 1 aliphatic carbocycles. The van der Waals surface area contributed by atoms with Crippen LogP contribution in [0, 0.1) is 35.2 Å². The molecule has 6 nitrogen and oxygen atoms in total. The number of anilines is 1. The minimum atomic E-state index is -1.25. The van der Waals surface area contributed by atoms with E-state index in [0.717, 1.165) is 38.3 Å². The Kier molecular flexibility index (Phi) is 5.78. The summed E-state index contributed by atoms with van der Waals surface area (Å²) in [6, 6.07) is 3.00. The monoisotopic (exact) mass is 420 g/mol. The molecule has 2 N–H and O–H groups in total. The van der Waals surface area contributed by atoms with Crippen molar-refractivity contribution in [3.8, 4) is 0 Å². The van der Waals surface area contributed by atoms with Crippen molar-refractivity contribution in [3.63, 3.8) is 0 Å². The third kappa shape index (κ3) is 4.49. The van der Waals surface area contributed by atoms with Gasteiger partial charge < -0.3 is 10.2 Å². The predicted molar refractivity (Wildman–Crippen MR) is 104 cm³/mol. The Morgan fingerprint density at radius 1 is 1.17 bits per heavy atom. The fraction of sp³-hybridized carbons (Fsp3) is 0.476. The number of hydrogen-bond donors (Lipinski definition) is 2. The predicted octanol–water partition coefficient (Wildman–Crippen LogP) is 2.75. The van der Waals surface area contributed by atoms with Gasteiger partial charge in [0.15, 0.2) is 11.6 Å². The van der Waals surface area contributed by atoms with Gasteiger partial charge in [0.1, 0.15) is 11.6 Å². The van der Waals surface area contributed by atoms with Crippen LogP contribution in [0.5, 0.6) is 0 Å². The zero-order valence-corrected chi connectivity index (χ0v) is 16.3. The van der Waals surface area contributed by atoms with E-state index in [0.29, 0.717) is 18.4 Å². The molecule has 2 fully saturated rings. The van der Waals surface area contributed by atoms with Gasteiger partial charge in [-0.2, -0.15) is 0 Å². The standard InChI is InChI=1S/C21H23F3N4O2/c22-15-9-17(24)16(23)8-14(15)10-26-20(29)19(12-3-4-12)13-2-1-7-28(11-13)18-5-6-25-21(30)27-18/h5-6,8-9,12-13,19H,1-4,7,10-11H2,(H,26,29)(H,25,27,30)/t13-,19?/m1/s1. The van der Waals surface area contributed by atoms with Crippen molar-refractivity contribution in [2.75, 3.05) is 18.0 Å². The maximum absolute atomic E-state index is 13.9. The van der Waals surface area contributed by atoms with E-state index in [4.69, 9.17) is 0 Å². The van der Waals surface area contributed by atoms with Crippen molar-refractivity contribution < 1.29 is 18.0 Å². The van der Waals surface area contributed by atoms with Crippen LogP contribution in [0.2, 0.25) is 0 Å². The number of halogens is 3. The number of H-pyrrole nitrogens is 1. The normalized spacial score (nSPS) is 20.1. The number of nitrogens with zero attached hydrogens (tertiary/aromatic N) is 2. The number of aromatic nitrogens is 2. The van der Waals surface area contributed by atoms with Crippen LogP contribution in [0.15, 0.2) is 29.2 Å². The van der Waals surface area contributed by atoms with Crippen LogP contribution in [0.4, 0.5) is 19.0 Å². The van der Waals surface area contributed by atoms with Crippen molar-refractivity contribution in [1.82, 2.24) is 15.3 Å². The van der Waals surface area contributed by atoms with Gasteiger partial charge in [0, 0.05) is 43.4 Å². The lowest BCUT2D eigenvalue weighted by Crippen LogP contribution is -2.45. The first-order chi connectivity index (χ1) is 14.4. The van der Waals surface area contributed by atoms with E-state index in [2.05, 4.69) is 20.2 Å². The Labute approximate surface area is 171 Å². The molecular weight excluding hydrogens is 397 g/mol. The molecule has 2 aliphatic rings. The fourth-order valence-electron chi connectivity index (χ4n) is 4.33. The van der Waals surface area contributed by atoms with E-state index >= 15 is 0 Å². The van der Waals surface area contributed by atoms with Gasteiger partial charge in [0.05, 0.1) is 0 Å². The van der Waals surface area contributed by atoms with Crippen LogP contribution in [-0.2, 0) is 11.3 Å². The van der Waals surface area contributed by atoms with Gasteiger partial charge in [-0.05, 0) is 49.7 Å². The number of carbonyl (C=O) groups is 1. The highest BCUT2D eigenvalue weighted by Gasteiger charge is 2.42. The summed E-state index contributed by atoms with van der Waals surface area (Å²) in [7, 11) is 0. The quantitative estimate of drug-likeness (QED) is 0.705. The molecule has 1 aliphatic heterocycles. The van der Waals surface area contributed by atoms with Crippen molar-refractivity contribution in [2.24, 2.45) is 17.8 Å². The third-order valence-corrected chi connectivity index (χ3v) is 5.94. The minimum absolute atomic E-state index is 0.0812. The van der Waals surface area contributed by atoms with Crippen LogP contribution in [0.3, 0.4) is 0 Å². The lowest BCUT2D eigenvalue weighted by atomic mass is 9.81. The molecule has 1 aromatic carbocycles. The smallest absolute Gasteiger partial charge is 0.346 e. The van der Waals surface area contributed by atoms with E-state index in [1.54, 1.807) is 6.07 Å². The van der Waals surface area contributed by atoms with Crippen molar-refractivity contribution in [2.45, 2.75) is 32.2 Å². The number of aromatic amines is 1. The molecular formula is C21H23F3N4O2. The molecule has 2 heterocycles. The Morgan fingerprint density at radius 2 is 1.93 bits per heavy atom. The Bertz CT molecular complexity index is 992. The maximum atomic E-state index is 13.9. The van der Waals surface area contributed by atoms with Gasteiger partial charge in [0.25, 0.3) is 0 Å². The Morgan fingerprint density at radius 3 is 2.67 bits per heavy atom. The molecule has 0 bridgehead atoms. The summed E-state index contributed by atoms with van der Waals surface area (Å²) in [5.41, 5.74) is -0.504. The average Bonchev–Trinajstić information content (AvgIpc) is 3.55. The SMILES string of the molecule is O=C(NCc1cc(F)c(F)cc1F)C(C1CC1)[C@@H]1CCCN(c2ccnc(=O)[nH]2)C1. The molecule has 9 heteroatoms. The highest BCUT2D eigenvalue weighted by molar-refractivity contribution is 5.79. The first-order valence-corrected chi connectivity index (χ1v) is 10.1. The summed E-state index contributed by atoms with van der Waals surface area (Å²) >= 11 is 0.